The van der Waals surface area contributed by atoms with Crippen LogP contribution in [0.3, 0.4) is 0 Å². The molecule has 0 saturated carbocycles. The van der Waals surface area contributed by atoms with E-state index in [1.807, 2.05) is 37.4 Å². The van der Waals surface area contributed by atoms with Gasteiger partial charge in [0.2, 0.25) is 0 Å². The molecule has 4 heteroatoms. The molecule has 0 aliphatic heterocycles. The third-order valence-electron chi connectivity index (χ3n) is 2.86. The van der Waals surface area contributed by atoms with Crippen LogP contribution in [0.2, 0.25) is 0 Å². The van der Waals surface area contributed by atoms with Crippen LogP contribution in [0, 0.1) is 0 Å². The largest absolute Gasteiger partial charge is 0.508 e. The molecule has 2 rings (SSSR count). The van der Waals surface area contributed by atoms with Crippen LogP contribution in [-0.4, -0.2) is 29.6 Å². The zero-order valence-electron chi connectivity index (χ0n) is 10.6. The Morgan fingerprint density at radius 3 is 2.42 bits per heavy atom. The van der Waals surface area contributed by atoms with E-state index in [1.54, 1.807) is 4.90 Å². The summed E-state index contributed by atoms with van der Waals surface area (Å²) >= 11 is 0. The minimum atomic E-state index is -0.205. The van der Waals surface area contributed by atoms with Gasteiger partial charge in [-0.25, -0.2) is 0 Å². The smallest absolute Gasteiger partial charge is 0.185 e. The molecule has 0 unspecified atom stereocenters. The molecular formula is C15H15NO3. The first-order valence-electron chi connectivity index (χ1n) is 5.89. The summed E-state index contributed by atoms with van der Waals surface area (Å²) in [5.41, 5.74) is 1.13. The Hall–Kier alpha value is -2.49. The Bertz CT molecular complexity index is 581. The minimum absolute atomic E-state index is 0.0644. The summed E-state index contributed by atoms with van der Waals surface area (Å²) in [5.74, 6) is -0.472. The highest BCUT2D eigenvalue weighted by Gasteiger charge is 2.14. The number of aromatic hydroxyl groups is 2. The molecular weight excluding hydrogens is 242 g/mol. The molecule has 2 N–H and O–H groups in total. The number of anilines is 1. The summed E-state index contributed by atoms with van der Waals surface area (Å²) < 4.78 is 0. The maximum atomic E-state index is 12.1. The lowest BCUT2D eigenvalue weighted by molar-refractivity contribution is 0.0998. The maximum Gasteiger partial charge on any atom is 0.185 e. The molecule has 0 amide bonds. The minimum Gasteiger partial charge on any atom is -0.508 e. The quantitative estimate of drug-likeness (QED) is 0.826. The van der Waals surface area contributed by atoms with Crippen molar-refractivity contribution < 1.29 is 15.0 Å². The van der Waals surface area contributed by atoms with Gasteiger partial charge in [-0.15, -0.1) is 0 Å². The molecule has 0 fully saturated rings. The number of benzene rings is 2. The van der Waals surface area contributed by atoms with E-state index in [2.05, 4.69) is 0 Å². The van der Waals surface area contributed by atoms with Crippen LogP contribution in [0.1, 0.15) is 10.4 Å². The predicted molar refractivity (Wildman–Crippen MR) is 73.8 cm³/mol. The monoisotopic (exact) mass is 257 g/mol. The van der Waals surface area contributed by atoms with E-state index in [4.69, 9.17) is 0 Å². The molecule has 2 aromatic rings. The number of hydrogen-bond donors (Lipinski definition) is 2. The molecule has 0 heterocycles. The van der Waals surface area contributed by atoms with Crippen LogP contribution >= 0.6 is 0 Å². The second kappa shape index (κ2) is 5.44. The molecule has 0 saturated heterocycles. The van der Waals surface area contributed by atoms with Crippen LogP contribution in [0.5, 0.6) is 11.5 Å². The molecule has 19 heavy (non-hydrogen) atoms. The second-order valence-corrected chi connectivity index (χ2v) is 4.32. The number of Topliss-reactive ketones (excluding diaryl/α,β-unsaturated/α-hetero) is 1. The van der Waals surface area contributed by atoms with Crippen molar-refractivity contribution in [1.82, 2.24) is 0 Å². The van der Waals surface area contributed by atoms with Gasteiger partial charge in [0.1, 0.15) is 11.5 Å². The van der Waals surface area contributed by atoms with Gasteiger partial charge in [-0.3, -0.25) is 4.79 Å². The highest BCUT2D eigenvalue weighted by molar-refractivity contribution is 6.01. The number of nitrogens with zero attached hydrogens (tertiary/aromatic N) is 1. The third-order valence-corrected chi connectivity index (χ3v) is 2.86. The van der Waals surface area contributed by atoms with Gasteiger partial charge in [0.25, 0.3) is 0 Å². The molecule has 2 aromatic carbocycles. The van der Waals surface area contributed by atoms with Gasteiger partial charge < -0.3 is 15.1 Å². The molecule has 98 valence electrons. The van der Waals surface area contributed by atoms with E-state index < -0.39 is 0 Å². The van der Waals surface area contributed by atoms with Crippen molar-refractivity contribution in [2.75, 3.05) is 18.5 Å². The van der Waals surface area contributed by atoms with Gasteiger partial charge in [0.05, 0.1) is 12.1 Å². The lowest BCUT2D eigenvalue weighted by Crippen LogP contribution is -2.25. The summed E-state index contributed by atoms with van der Waals surface area (Å²) in [6, 6.07) is 13.5. The Morgan fingerprint density at radius 1 is 1.11 bits per heavy atom. The molecule has 4 nitrogen and oxygen atoms in total. The average Bonchev–Trinajstić information content (AvgIpc) is 2.39. The number of carbonyl (C=O) groups excluding carboxylic acids is 1. The van der Waals surface area contributed by atoms with Crippen molar-refractivity contribution in [2.45, 2.75) is 0 Å². The van der Waals surface area contributed by atoms with Crippen LogP contribution in [-0.2, 0) is 0 Å². The molecule has 0 aliphatic carbocycles. The fourth-order valence-electron chi connectivity index (χ4n) is 1.83. The molecule has 0 bridgehead atoms. The van der Waals surface area contributed by atoms with Gasteiger partial charge in [0, 0.05) is 18.8 Å². The normalized spacial score (nSPS) is 10.2. The fourth-order valence-corrected chi connectivity index (χ4v) is 1.83. The molecule has 0 aromatic heterocycles. The lowest BCUT2D eigenvalue weighted by Gasteiger charge is -2.18. The first kappa shape index (κ1) is 13.0. The average molecular weight is 257 g/mol. The summed E-state index contributed by atoms with van der Waals surface area (Å²) in [6.45, 7) is 0.155. The molecule has 0 radical (unpaired) electrons. The van der Waals surface area contributed by atoms with Crippen molar-refractivity contribution in [3.8, 4) is 11.5 Å². The molecule has 0 aliphatic rings. The third kappa shape index (κ3) is 3.04. The second-order valence-electron chi connectivity index (χ2n) is 4.32. The van der Waals surface area contributed by atoms with Crippen molar-refractivity contribution >= 4 is 11.5 Å². The van der Waals surface area contributed by atoms with Crippen LogP contribution < -0.4 is 4.90 Å². The summed E-state index contributed by atoms with van der Waals surface area (Å²) in [6.07, 6.45) is 0. The van der Waals surface area contributed by atoms with Crippen molar-refractivity contribution in [3.05, 3.63) is 54.1 Å². The van der Waals surface area contributed by atoms with E-state index in [9.17, 15) is 15.0 Å². The van der Waals surface area contributed by atoms with E-state index in [0.717, 1.165) is 11.8 Å². The van der Waals surface area contributed by atoms with E-state index in [1.165, 1.54) is 12.1 Å². The zero-order chi connectivity index (χ0) is 13.8. The number of likely N-dealkylation sites (N-methyl/N-ethyl adjacent to an activating group) is 1. The summed E-state index contributed by atoms with van der Waals surface area (Å²) in [5, 5.41) is 18.8. The van der Waals surface area contributed by atoms with Gasteiger partial charge in [-0.1, -0.05) is 18.2 Å². The van der Waals surface area contributed by atoms with Gasteiger partial charge in [-0.2, -0.15) is 0 Å². The van der Waals surface area contributed by atoms with Gasteiger partial charge in [0.15, 0.2) is 5.78 Å². The maximum absolute atomic E-state index is 12.1. The van der Waals surface area contributed by atoms with Crippen LogP contribution in [0.15, 0.2) is 48.5 Å². The number of para-hydroxylation sites is 1. The van der Waals surface area contributed by atoms with Crippen molar-refractivity contribution in [1.29, 1.82) is 0 Å². The van der Waals surface area contributed by atoms with E-state index >= 15 is 0 Å². The number of ketones is 1. The highest BCUT2D eigenvalue weighted by atomic mass is 16.3. The number of rotatable bonds is 4. The Labute approximate surface area is 111 Å². The predicted octanol–water partition coefficient (Wildman–Crippen LogP) is 2.42. The number of carbonyl (C=O) groups is 1. The van der Waals surface area contributed by atoms with Crippen molar-refractivity contribution in [2.24, 2.45) is 0 Å². The lowest BCUT2D eigenvalue weighted by atomic mass is 10.1. The molecule has 0 atom stereocenters. The fraction of sp³-hybridized carbons (Fsp3) is 0.133. The topological polar surface area (TPSA) is 60.8 Å². The number of phenols is 2. The standard InChI is InChI=1S/C15H15NO3/c1-16(11-5-3-2-4-6-11)10-15(19)13-8-7-12(17)9-14(13)18/h2-9,17-18H,10H2,1H3. The Kier molecular flexibility index (Phi) is 3.71. The highest BCUT2D eigenvalue weighted by Crippen LogP contribution is 2.23. The van der Waals surface area contributed by atoms with Gasteiger partial charge in [-0.05, 0) is 24.3 Å². The number of phenolic OH excluding ortho intramolecular Hbond substituents is 2. The van der Waals surface area contributed by atoms with E-state index in [-0.39, 0.29) is 29.4 Å². The first-order chi connectivity index (χ1) is 9.08. The Morgan fingerprint density at radius 2 is 1.79 bits per heavy atom. The van der Waals surface area contributed by atoms with Crippen molar-refractivity contribution in [3.63, 3.8) is 0 Å². The first-order valence-corrected chi connectivity index (χ1v) is 5.89. The van der Waals surface area contributed by atoms with E-state index in [0.29, 0.717) is 0 Å². The Balaban J connectivity index is 2.13. The van der Waals surface area contributed by atoms with Crippen LogP contribution in [0.25, 0.3) is 0 Å². The SMILES string of the molecule is CN(CC(=O)c1ccc(O)cc1O)c1ccccc1. The summed E-state index contributed by atoms with van der Waals surface area (Å²) in [7, 11) is 1.81. The number of hydrogen-bond acceptors (Lipinski definition) is 4. The summed E-state index contributed by atoms with van der Waals surface area (Å²) in [4.78, 5) is 13.9. The molecule has 0 spiro atoms. The van der Waals surface area contributed by atoms with Gasteiger partial charge >= 0.3 is 0 Å². The zero-order valence-corrected chi connectivity index (χ0v) is 10.6. The van der Waals surface area contributed by atoms with Crippen LogP contribution in [0.4, 0.5) is 5.69 Å².